The van der Waals surface area contributed by atoms with Gasteiger partial charge >= 0.3 is 0 Å². The van der Waals surface area contributed by atoms with Gasteiger partial charge in [-0.25, -0.2) is 13.8 Å². The van der Waals surface area contributed by atoms with Crippen LogP contribution in [0.4, 0.5) is 14.5 Å². The monoisotopic (exact) mass is 472 g/mol. The van der Waals surface area contributed by atoms with Gasteiger partial charge in [0.1, 0.15) is 23.5 Å². The van der Waals surface area contributed by atoms with Crippen LogP contribution in [0.5, 0.6) is 0 Å². The molecule has 2 heterocycles. The fourth-order valence-electron chi connectivity index (χ4n) is 3.64. The molecule has 0 spiro atoms. The van der Waals surface area contributed by atoms with Crippen LogP contribution in [-0.4, -0.2) is 21.7 Å². The molecule has 9 heteroatoms. The number of nitrogens with zero attached hydrogens (tertiary/aromatic N) is 4. The minimum Gasteiger partial charge on any atom is -0.378 e. The van der Waals surface area contributed by atoms with Gasteiger partial charge in [0, 0.05) is 48.8 Å². The number of halogens is 2. The minimum absolute atomic E-state index is 0.104. The van der Waals surface area contributed by atoms with Crippen LogP contribution in [-0.2, 0) is 13.6 Å². The fourth-order valence-corrected chi connectivity index (χ4v) is 3.64. The Morgan fingerprint density at radius 2 is 2.11 bits per heavy atom. The number of amides is 1. The molecule has 1 aliphatic heterocycles. The van der Waals surface area contributed by atoms with Gasteiger partial charge in [0.2, 0.25) is 0 Å². The number of allylic oxidation sites excluding steroid dienone is 3. The van der Waals surface area contributed by atoms with Crippen molar-refractivity contribution in [3.05, 3.63) is 101 Å². The third-order valence-electron chi connectivity index (χ3n) is 5.52. The summed E-state index contributed by atoms with van der Waals surface area (Å²) in [6.07, 6.45) is 10.2. The molecule has 0 unspecified atom stereocenters. The molecule has 1 aliphatic rings. The Labute approximate surface area is 201 Å². The largest absolute Gasteiger partial charge is 0.378 e. The maximum atomic E-state index is 14.1. The van der Waals surface area contributed by atoms with Crippen LogP contribution in [0.2, 0.25) is 0 Å². The molecule has 0 bridgehead atoms. The second kappa shape index (κ2) is 10.6. The first-order valence-corrected chi connectivity index (χ1v) is 10.8. The first-order chi connectivity index (χ1) is 17.0. The Bertz CT molecular complexity index is 1380. The molecule has 35 heavy (non-hydrogen) atoms. The van der Waals surface area contributed by atoms with Crippen molar-refractivity contribution in [3.8, 4) is 6.07 Å². The smallest absolute Gasteiger partial charge is 0.252 e. The number of rotatable bonds is 7. The molecular formula is C26H22F2N6O. The number of imidazole rings is 1. The predicted molar refractivity (Wildman–Crippen MR) is 129 cm³/mol. The van der Waals surface area contributed by atoms with Gasteiger partial charge in [-0.2, -0.15) is 5.26 Å². The van der Waals surface area contributed by atoms with E-state index in [4.69, 9.17) is 0 Å². The Hall–Kier alpha value is -4.58. The topological polar surface area (TPSA) is 95.1 Å². The summed E-state index contributed by atoms with van der Waals surface area (Å²) in [6, 6.07) is 10.2. The summed E-state index contributed by atoms with van der Waals surface area (Å²) in [4.78, 5) is 21.4. The number of anilines is 1. The van der Waals surface area contributed by atoms with Crippen molar-refractivity contribution in [3.63, 3.8) is 0 Å². The van der Waals surface area contributed by atoms with Crippen LogP contribution < -0.4 is 10.6 Å². The van der Waals surface area contributed by atoms with Crippen molar-refractivity contribution in [2.75, 3.05) is 5.32 Å². The molecule has 1 aromatic heterocycles. The highest BCUT2D eigenvalue weighted by Gasteiger charge is 2.19. The number of hydrogen-bond donors (Lipinski definition) is 2. The average molecular weight is 472 g/mol. The molecule has 176 valence electrons. The number of carbonyl (C=O) groups excluding carboxylic acids is 1. The van der Waals surface area contributed by atoms with Crippen LogP contribution >= 0.6 is 0 Å². The van der Waals surface area contributed by atoms with E-state index >= 15 is 0 Å². The van der Waals surface area contributed by atoms with Crippen molar-refractivity contribution in [2.24, 2.45) is 12.0 Å². The van der Waals surface area contributed by atoms with E-state index < -0.39 is 23.6 Å². The molecule has 0 saturated carbocycles. The molecule has 0 aliphatic carbocycles. The Kier molecular flexibility index (Phi) is 7.12. The lowest BCUT2D eigenvalue weighted by Crippen LogP contribution is -2.28. The van der Waals surface area contributed by atoms with Gasteiger partial charge in [-0.3, -0.25) is 9.79 Å². The van der Waals surface area contributed by atoms with E-state index in [-0.39, 0.29) is 11.1 Å². The molecule has 0 fully saturated rings. The van der Waals surface area contributed by atoms with E-state index in [1.165, 1.54) is 0 Å². The van der Waals surface area contributed by atoms with Crippen molar-refractivity contribution in [1.82, 2.24) is 14.9 Å². The summed E-state index contributed by atoms with van der Waals surface area (Å²) in [7, 11) is 1.93. The summed E-state index contributed by atoms with van der Waals surface area (Å²) in [5.74, 6) is -1.42. The van der Waals surface area contributed by atoms with Gasteiger partial charge in [0.15, 0.2) is 0 Å². The van der Waals surface area contributed by atoms with E-state index in [1.54, 1.807) is 36.7 Å². The molecule has 3 aromatic rings. The van der Waals surface area contributed by atoms with Gasteiger partial charge in [-0.15, -0.1) is 0 Å². The third-order valence-corrected chi connectivity index (χ3v) is 5.52. The summed E-state index contributed by atoms with van der Waals surface area (Å²) >= 11 is 0. The van der Waals surface area contributed by atoms with Gasteiger partial charge in [-0.1, -0.05) is 18.2 Å². The van der Waals surface area contributed by atoms with Gasteiger partial charge in [-0.05, 0) is 35.9 Å². The van der Waals surface area contributed by atoms with Gasteiger partial charge in [0.25, 0.3) is 5.91 Å². The van der Waals surface area contributed by atoms with E-state index in [9.17, 15) is 18.8 Å². The lowest BCUT2D eigenvalue weighted by atomic mass is 10.1. The number of carbonyl (C=O) groups is 1. The molecule has 7 nitrogen and oxygen atoms in total. The number of benzene rings is 2. The zero-order valence-electron chi connectivity index (χ0n) is 18.9. The molecule has 2 N–H and O–H groups in total. The second-order valence-electron chi connectivity index (χ2n) is 7.80. The van der Waals surface area contributed by atoms with Crippen molar-refractivity contribution in [1.29, 1.82) is 5.26 Å². The lowest BCUT2D eigenvalue weighted by molar-refractivity contribution is 0.0944. The molecule has 1 atom stereocenters. The summed E-state index contributed by atoms with van der Waals surface area (Å²) in [6.45, 7) is 0.413. The number of nitriles is 1. The Morgan fingerprint density at radius 1 is 1.26 bits per heavy atom. The van der Waals surface area contributed by atoms with E-state index in [2.05, 4.69) is 26.7 Å². The minimum atomic E-state index is -1.26. The zero-order valence-corrected chi connectivity index (χ0v) is 18.9. The van der Waals surface area contributed by atoms with Crippen molar-refractivity contribution >= 4 is 23.4 Å². The second-order valence-corrected chi connectivity index (χ2v) is 7.80. The number of nitrogens with one attached hydrogen (secondary N) is 2. The van der Waals surface area contributed by atoms with Gasteiger partial charge < -0.3 is 15.2 Å². The predicted octanol–water partition coefficient (Wildman–Crippen LogP) is 4.68. The summed E-state index contributed by atoms with van der Waals surface area (Å²) in [5.41, 5.74) is 2.85. The first kappa shape index (κ1) is 23.6. The van der Waals surface area contributed by atoms with E-state index in [1.807, 2.05) is 30.0 Å². The summed E-state index contributed by atoms with van der Waals surface area (Å²) < 4.78 is 29.2. The standard InChI is InChI=1S/C26H22F2N6O/c1-34-24(17-5-3-10-30-11-9-17)15-32-25(34)16-31-20-6-2-4-18(12-20)26(35)33-23(14-29)21-8-7-19(27)13-22(21)28/h2,4-13,15,23,31H,3,16H2,1H3,(H,33,35)/t23-/m1/s1. The normalized spacial score (nSPS) is 13.5. The van der Waals surface area contributed by atoms with Crippen LogP contribution in [0.1, 0.15) is 39.9 Å². The van der Waals surface area contributed by atoms with Gasteiger partial charge in [0.05, 0.1) is 24.5 Å². The quantitative estimate of drug-likeness (QED) is 0.522. The molecule has 0 radical (unpaired) electrons. The lowest BCUT2D eigenvalue weighted by Gasteiger charge is -2.14. The highest BCUT2D eigenvalue weighted by atomic mass is 19.1. The highest BCUT2D eigenvalue weighted by Crippen LogP contribution is 2.21. The van der Waals surface area contributed by atoms with Crippen molar-refractivity contribution in [2.45, 2.75) is 19.0 Å². The maximum Gasteiger partial charge on any atom is 0.252 e. The SMILES string of the molecule is Cn1c(C2=CCC=NC=C2)cnc1CNc1cccc(C(=O)N[C@H](C#N)c2ccc(F)cc2F)c1. The molecule has 2 aromatic carbocycles. The van der Waals surface area contributed by atoms with Crippen LogP contribution in [0.25, 0.3) is 5.57 Å². The molecule has 4 rings (SSSR count). The van der Waals surface area contributed by atoms with Crippen molar-refractivity contribution < 1.29 is 13.6 Å². The fraction of sp³-hybridized carbons (Fsp3) is 0.154. The Balaban J connectivity index is 1.43. The van der Waals surface area contributed by atoms with E-state index in [0.29, 0.717) is 18.3 Å². The number of aromatic nitrogens is 2. The zero-order chi connectivity index (χ0) is 24.8. The van der Waals surface area contributed by atoms with Crippen LogP contribution in [0.15, 0.2) is 72.0 Å². The van der Waals surface area contributed by atoms with E-state index in [0.717, 1.165) is 35.6 Å². The Morgan fingerprint density at radius 3 is 2.91 bits per heavy atom. The third kappa shape index (κ3) is 5.50. The number of aliphatic imine (C=N–C) groups is 1. The highest BCUT2D eigenvalue weighted by molar-refractivity contribution is 5.95. The molecule has 1 amide bonds. The average Bonchev–Trinajstić information content (AvgIpc) is 3.04. The molecular weight excluding hydrogens is 450 g/mol. The summed E-state index contributed by atoms with van der Waals surface area (Å²) in [5, 5.41) is 15.1. The molecule has 0 saturated heterocycles. The first-order valence-electron chi connectivity index (χ1n) is 10.8. The number of hydrogen-bond acceptors (Lipinski definition) is 5. The maximum absolute atomic E-state index is 14.1. The van der Waals surface area contributed by atoms with Crippen LogP contribution in [0, 0.1) is 23.0 Å². The van der Waals surface area contributed by atoms with Crippen LogP contribution in [0.3, 0.4) is 0 Å².